The number of aldehydes is 1. The number of ether oxygens (including phenoxy) is 2. The van der Waals surface area contributed by atoms with Gasteiger partial charge in [0.1, 0.15) is 24.5 Å². The van der Waals surface area contributed by atoms with Crippen LogP contribution in [0.1, 0.15) is 39.2 Å². The fourth-order valence-corrected chi connectivity index (χ4v) is 2.00. The van der Waals surface area contributed by atoms with Crippen LogP contribution in [0.4, 0.5) is 4.79 Å². The van der Waals surface area contributed by atoms with Gasteiger partial charge < -0.3 is 24.9 Å². The highest BCUT2D eigenvalue weighted by Crippen LogP contribution is 2.07. The molecule has 0 aliphatic carbocycles. The number of amides is 2. The Bertz CT molecular complexity index is 639. The lowest BCUT2D eigenvalue weighted by molar-refractivity contribution is -0.144. The Morgan fingerprint density at radius 2 is 1.81 bits per heavy atom. The summed E-state index contributed by atoms with van der Waals surface area (Å²) in [6, 6.07) is 8.14. The van der Waals surface area contributed by atoms with E-state index in [0.29, 0.717) is 6.29 Å². The van der Waals surface area contributed by atoms with E-state index in [1.165, 1.54) is 0 Å². The summed E-state index contributed by atoms with van der Waals surface area (Å²) in [6.45, 7) is 5.23. The van der Waals surface area contributed by atoms with E-state index in [2.05, 4.69) is 10.6 Å². The highest BCUT2D eigenvalue weighted by molar-refractivity contribution is 5.87. The van der Waals surface area contributed by atoms with Gasteiger partial charge in [0.15, 0.2) is 0 Å². The molecule has 1 aromatic rings. The molecule has 8 nitrogen and oxygen atoms in total. The number of hydrogen-bond donors (Lipinski definition) is 2. The first kappa shape index (κ1) is 22.1. The fraction of sp³-hybridized carbons (Fsp3) is 0.474. The summed E-state index contributed by atoms with van der Waals surface area (Å²) >= 11 is 0. The maximum atomic E-state index is 12.1. The van der Waals surface area contributed by atoms with Crippen molar-refractivity contribution in [1.29, 1.82) is 0 Å². The SMILES string of the molecule is CC(C)(C)OC(=O)NC(CC=O)C(=O)NCCC(=O)OCc1ccccc1. The molecule has 0 heterocycles. The van der Waals surface area contributed by atoms with Gasteiger partial charge in [-0.1, -0.05) is 30.3 Å². The molecule has 0 bridgehead atoms. The highest BCUT2D eigenvalue weighted by atomic mass is 16.6. The van der Waals surface area contributed by atoms with Gasteiger partial charge in [-0.05, 0) is 26.3 Å². The molecule has 2 N–H and O–H groups in total. The average Bonchev–Trinajstić information content (AvgIpc) is 2.59. The summed E-state index contributed by atoms with van der Waals surface area (Å²) in [5, 5.41) is 4.83. The van der Waals surface area contributed by atoms with Gasteiger partial charge >= 0.3 is 12.1 Å². The van der Waals surface area contributed by atoms with E-state index in [0.717, 1.165) is 5.56 Å². The maximum absolute atomic E-state index is 12.1. The number of benzene rings is 1. The Labute approximate surface area is 158 Å². The Balaban J connectivity index is 2.37. The predicted molar refractivity (Wildman–Crippen MR) is 97.7 cm³/mol. The molecule has 0 fully saturated rings. The van der Waals surface area contributed by atoms with Crippen LogP contribution in [0.25, 0.3) is 0 Å². The van der Waals surface area contributed by atoms with Crippen molar-refractivity contribution in [3.63, 3.8) is 0 Å². The molecule has 1 unspecified atom stereocenters. The molecule has 1 atom stereocenters. The molecule has 1 aromatic carbocycles. The number of carbonyl (C=O) groups is 4. The standard InChI is InChI=1S/C19H26N2O6/c1-19(2,3)27-18(25)21-15(10-12-22)17(24)20-11-9-16(23)26-13-14-7-5-4-6-8-14/h4-8,12,15H,9-11,13H2,1-3H3,(H,20,24)(H,21,25). The second kappa shape index (κ2) is 10.9. The summed E-state index contributed by atoms with van der Waals surface area (Å²) in [4.78, 5) is 46.3. The smallest absolute Gasteiger partial charge is 0.408 e. The first-order valence-corrected chi connectivity index (χ1v) is 8.61. The second-order valence-electron chi connectivity index (χ2n) is 6.79. The molecule has 0 saturated heterocycles. The van der Waals surface area contributed by atoms with Gasteiger partial charge in [-0.3, -0.25) is 9.59 Å². The molecule has 0 aromatic heterocycles. The maximum Gasteiger partial charge on any atom is 0.408 e. The van der Waals surface area contributed by atoms with Crippen LogP contribution in [0.15, 0.2) is 30.3 Å². The summed E-state index contributed by atoms with van der Waals surface area (Å²) in [7, 11) is 0. The largest absolute Gasteiger partial charge is 0.461 e. The van der Waals surface area contributed by atoms with Crippen LogP contribution >= 0.6 is 0 Å². The van der Waals surface area contributed by atoms with E-state index in [9.17, 15) is 19.2 Å². The third-order valence-electron chi connectivity index (χ3n) is 3.21. The van der Waals surface area contributed by atoms with Crippen LogP contribution in [0.5, 0.6) is 0 Å². The topological polar surface area (TPSA) is 111 Å². The molecule has 8 heteroatoms. The van der Waals surface area contributed by atoms with Crippen LogP contribution < -0.4 is 10.6 Å². The van der Waals surface area contributed by atoms with Crippen molar-refractivity contribution >= 4 is 24.3 Å². The third kappa shape index (κ3) is 9.98. The third-order valence-corrected chi connectivity index (χ3v) is 3.21. The second-order valence-corrected chi connectivity index (χ2v) is 6.79. The van der Waals surface area contributed by atoms with E-state index >= 15 is 0 Å². The zero-order chi connectivity index (χ0) is 20.3. The molecule has 27 heavy (non-hydrogen) atoms. The number of rotatable bonds is 9. The Hall–Kier alpha value is -2.90. The van der Waals surface area contributed by atoms with Crippen LogP contribution in [-0.2, 0) is 30.5 Å². The van der Waals surface area contributed by atoms with Crippen LogP contribution in [0.2, 0.25) is 0 Å². The average molecular weight is 378 g/mol. The molecule has 0 saturated carbocycles. The highest BCUT2D eigenvalue weighted by Gasteiger charge is 2.24. The van der Waals surface area contributed by atoms with E-state index in [1.807, 2.05) is 30.3 Å². The first-order chi connectivity index (χ1) is 12.7. The van der Waals surface area contributed by atoms with Gasteiger partial charge in [0.25, 0.3) is 0 Å². The van der Waals surface area contributed by atoms with Crippen molar-refractivity contribution in [3.05, 3.63) is 35.9 Å². The first-order valence-electron chi connectivity index (χ1n) is 8.61. The van der Waals surface area contributed by atoms with Crippen LogP contribution in [-0.4, -0.2) is 42.4 Å². The van der Waals surface area contributed by atoms with Gasteiger partial charge in [0, 0.05) is 13.0 Å². The molecule has 0 aliphatic rings. The van der Waals surface area contributed by atoms with Gasteiger partial charge in [-0.2, -0.15) is 0 Å². The summed E-state index contributed by atoms with van der Waals surface area (Å²) < 4.78 is 10.2. The summed E-state index contributed by atoms with van der Waals surface area (Å²) in [5.74, 6) is -1.05. The minimum absolute atomic E-state index is 0.0256. The fourth-order valence-electron chi connectivity index (χ4n) is 2.00. The van der Waals surface area contributed by atoms with E-state index in [1.54, 1.807) is 20.8 Å². The molecular formula is C19H26N2O6. The Kier molecular flexibility index (Phi) is 8.98. The molecule has 2 amide bonds. The number of carbonyl (C=O) groups excluding carboxylic acids is 4. The molecule has 148 valence electrons. The lowest BCUT2D eigenvalue weighted by Crippen LogP contribution is -2.48. The van der Waals surface area contributed by atoms with Crippen molar-refractivity contribution in [2.75, 3.05) is 6.54 Å². The lowest BCUT2D eigenvalue weighted by Gasteiger charge is -2.22. The zero-order valence-corrected chi connectivity index (χ0v) is 15.8. The van der Waals surface area contributed by atoms with E-state index in [-0.39, 0.29) is 26.0 Å². The Morgan fingerprint density at radius 1 is 1.15 bits per heavy atom. The molecule has 0 radical (unpaired) electrons. The van der Waals surface area contributed by atoms with E-state index in [4.69, 9.17) is 9.47 Å². The molecule has 0 aliphatic heterocycles. The zero-order valence-electron chi connectivity index (χ0n) is 15.8. The number of esters is 1. The number of hydrogen-bond acceptors (Lipinski definition) is 6. The minimum Gasteiger partial charge on any atom is -0.461 e. The summed E-state index contributed by atoms with van der Waals surface area (Å²) in [5.41, 5.74) is 0.136. The van der Waals surface area contributed by atoms with Crippen molar-refractivity contribution in [1.82, 2.24) is 10.6 Å². The molecular weight excluding hydrogens is 352 g/mol. The van der Waals surface area contributed by atoms with Gasteiger partial charge in [0.05, 0.1) is 6.42 Å². The minimum atomic E-state index is -1.07. The van der Waals surface area contributed by atoms with Crippen molar-refractivity contribution in [3.8, 4) is 0 Å². The van der Waals surface area contributed by atoms with E-state index < -0.39 is 29.6 Å². The summed E-state index contributed by atoms with van der Waals surface area (Å²) in [6.07, 6.45) is -0.510. The van der Waals surface area contributed by atoms with Crippen molar-refractivity contribution in [2.24, 2.45) is 0 Å². The lowest BCUT2D eigenvalue weighted by atomic mass is 10.2. The normalized spacial score (nSPS) is 11.8. The molecule has 0 spiro atoms. The predicted octanol–water partition coefficient (Wildman–Crippen LogP) is 1.72. The number of nitrogens with one attached hydrogen (secondary N) is 2. The van der Waals surface area contributed by atoms with Crippen LogP contribution in [0.3, 0.4) is 0 Å². The van der Waals surface area contributed by atoms with Crippen molar-refractivity contribution < 1.29 is 28.7 Å². The quantitative estimate of drug-likeness (QED) is 0.500. The van der Waals surface area contributed by atoms with Gasteiger partial charge in [0.2, 0.25) is 5.91 Å². The van der Waals surface area contributed by atoms with Gasteiger partial charge in [-0.25, -0.2) is 4.79 Å². The van der Waals surface area contributed by atoms with Crippen molar-refractivity contribution in [2.45, 2.75) is 51.9 Å². The monoisotopic (exact) mass is 378 g/mol. The Morgan fingerprint density at radius 3 is 2.41 bits per heavy atom. The van der Waals surface area contributed by atoms with Gasteiger partial charge in [-0.15, -0.1) is 0 Å². The van der Waals surface area contributed by atoms with Crippen LogP contribution in [0, 0.1) is 0 Å². The molecule has 1 rings (SSSR count). The number of alkyl carbamates (subject to hydrolysis) is 1.